The molecule has 20 heavy (non-hydrogen) atoms. The van der Waals surface area contributed by atoms with Gasteiger partial charge in [-0.05, 0) is 38.8 Å². The number of hydrogen-bond donors (Lipinski definition) is 1. The van der Waals surface area contributed by atoms with Crippen molar-refractivity contribution in [1.29, 1.82) is 5.26 Å². The molecule has 0 atom stereocenters. The number of hydrogen-bond acceptors (Lipinski definition) is 4. The largest absolute Gasteiger partial charge is 0.397 e. The summed E-state index contributed by atoms with van der Waals surface area (Å²) in [5.74, 6) is 0. The Morgan fingerprint density at radius 3 is 2.35 bits per heavy atom. The smallest absolute Gasteiger partial charge is 0.245 e. The summed E-state index contributed by atoms with van der Waals surface area (Å²) in [6, 6.07) is 5.31. The van der Waals surface area contributed by atoms with Crippen molar-refractivity contribution in [2.24, 2.45) is 0 Å². The van der Waals surface area contributed by atoms with Crippen molar-refractivity contribution in [2.75, 3.05) is 12.3 Å². The highest BCUT2D eigenvalue weighted by Gasteiger charge is 2.30. The van der Waals surface area contributed by atoms with Gasteiger partial charge in [0.1, 0.15) is 4.90 Å². The van der Waals surface area contributed by atoms with Gasteiger partial charge in [0.05, 0.1) is 11.8 Å². The molecule has 0 saturated carbocycles. The van der Waals surface area contributed by atoms with E-state index in [9.17, 15) is 8.42 Å². The van der Waals surface area contributed by atoms with Crippen LogP contribution in [0.2, 0.25) is 0 Å². The zero-order chi connectivity index (χ0) is 15.5. The Labute approximate surface area is 121 Å². The van der Waals surface area contributed by atoms with Crippen molar-refractivity contribution in [2.45, 2.75) is 45.1 Å². The molecule has 0 saturated heterocycles. The molecular formula is C14H21N3O2S. The minimum absolute atomic E-state index is 0.155. The fourth-order valence-electron chi connectivity index (χ4n) is 2.08. The molecule has 0 fully saturated rings. The van der Waals surface area contributed by atoms with Crippen LogP contribution in [-0.2, 0) is 10.0 Å². The van der Waals surface area contributed by atoms with Crippen LogP contribution < -0.4 is 5.73 Å². The monoisotopic (exact) mass is 295 g/mol. The van der Waals surface area contributed by atoms with Gasteiger partial charge in [0, 0.05) is 19.0 Å². The molecule has 2 N–H and O–H groups in total. The molecular weight excluding hydrogens is 274 g/mol. The van der Waals surface area contributed by atoms with E-state index in [1.54, 1.807) is 39.8 Å². The molecule has 110 valence electrons. The lowest BCUT2D eigenvalue weighted by atomic mass is 10.1. The second kappa shape index (κ2) is 6.25. The van der Waals surface area contributed by atoms with Crippen LogP contribution in [0.3, 0.4) is 0 Å². The molecule has 0 amide bonds. The maximum Gasteiger partial charge on any atom is 0.245 e. The Morgan fingerprint density at radius 1 is 1.30 bits per heavy atom. The Hall–Kier alpha value is -1.58. The molecule has 0 unspecified atom stereocenters. The quantitative estimate of drug-likeness (QED) is 0.844. The van der Waals surface area contributed by atoms with Crippen LogP contribution in [0.25, 0.3) is 0 Å². The molecule has 0 aliphatic rings. The Kier molecular flexibility index (Phi) is 5.15. The molecule has 0 aliphatic heterocycles. The van der Waals surface area contributed by atoms with Crippen molar-refractivity contribution in [3.05, 3.63) is 23.3 Å². The molecule has 0 heterocycles. The van der Waals surface area contributed by atoms with Crippen LogP contribution in [0, 0.1) is 25.2 Å². The van der Waals surface area contributed by atoms with E-state index in [4.69, 9.17) is 11.0 Å². The van der Waals surface area contributed by atoms with Crippen molar-refractivity contribution >= 4 is 15.7 Å². The van der Waals surface area contributed by atoms with Gasteiger partial charge in [-0.1, -0.05) is 12.1 Å². The Bertz CT molecular complexity index is 631. The van der Waals surface area contributed by atoms with Gasteiger partial charge in [-0.2, -0.15) is 9.57 Å². The topological polar surface area (TPSA) is 87.2 Å². The van der Waals surface area contributed by atoms with E-state index in [2.05, 4.69) is 0 Å². The highest BCUT2D eigenvalue weighted by atomic mass is 32.2. The SMILES string of the molecule is Cc1ccc(C)c(S(=O)(=O)N(CCC#N)C(C)C)c1N. The van der Waals surface area contributed by atoms with Gasteiger partial charge >= 0.3 is 0 Å². The lowest BCUT2D eigenvalue weighted by Gasteiger charge is -2.26. The second-order valence-electron chi connectivity index (χ2n) is 5.06. The molecule has 1 aromatic carbocycles. The minimum Gasteiger partial charge on any atom is -0.397 e. The van der Waals surface area contributed by atoms with Crippen molar-refractivity contribution < 1.29 is 8.42 Å². The third-order valence-corrected chi connectivity index (χ3v) is 5.48. The van der Waals surface area contributed by atoms with Crippen molar-refractivity contribution in [3.63, 3.8) is 0 Å². The summed E-state index contributed by atoms with van der Waals surface area (Å²) in [5.41, 5.74) is 7.61. The maximum absolute atomic E-state index is 12.8. The molecule has 1 aromatic rings. The predicted molar refractivity (Wildman–Crippen MR) is 79.6 cm³/mol. The van der Waals surface area contributed by atoms with E-state index >= 15 is 0 Å². The second-order valence-corrected chi connectivity index (χ2v) is 6.89. The standard InChI is InChI=1S/C14H21N3O2S/c1-10(2)17(9-5-8-15)20(18,19)14-12(4)7-6-11(3)13(14)16/h6-7,10H,5,9,16H2,1-4H3. The lowest BCUT2D eigenvalue weighted by molar-refractivity contribution is 0.360. The number of rotatable bonds is 5. The Morgan fingerprint density at radius 2 is 1.85 bits per heavy atom. The first kappa shape index (κ1) is 16.5. The fourth-order valence-corrected chi connectivity index (χ4v) is 4.12. The molecule has 5 nitrogen and oxygen atoms in total. The summed E-state index contributed by atoms with van der Waals surface area (Å²) in [4.78, 5) is 0.157. The van der Waals surface area contributed by atoms with E-state index in [0.29, 0.717) is 5.56 Å². The minimum atomic E-state index is -3.70. The summed E-state index contributed by atoms with van der Waals surface area (Å²) in [5, 5.41) is 8.69. The summed E-state index contributed by atoms with van der Waals surface area (Å²) < 4.78 is 26.9. The van der Waals surface area contributed by atoms with Gasteiger partial charge in [0.15, 0.2) is 0 Å². The van der Waals surface area contributed by atoms with E-state index in [1.165, 1.54) is 4.31 Å². The van der Waals surface area contributed by atoms with Gasteiger partial charge in [-0.3, -0.25) is 0 Å². The zero-order valence-electron chi connectivity index (χ0n) is 12.3. The van der Waals surface area contributed by atoms with Crippen molar-refractivity contribution in [3.8, 4) is 6.07 Å². The molecule has 0 aliphatic carbocycles. The average molecular weight is 295 g/mol. The summed E-state index contributed by atoms with van der Waals surface area (Å²) in [7, 11) is -3.70. The predicted octanol–water partition coefficient (Wildman–Crippen LogP) is 2.20. The van der Waals surface area contributed by atoms with E-state index in [-0.39, 0.29) is 29.6 Å². The van der Waals surface area contributed by atoms with Gasteiger partial charge in [-0.25, -0.2) is 8.42 Å². The molecule has 6 heteroatoms. The first-order valence-corrected chi connectivity index (χ1v) is 7.92. The van der Waals surface area contributed by atoms with E-state index in [1.807, 2.05) is 6.07 Å². The number of nitriles is 1. The van der Waals surface area contributed by atoms with Crippen LogP contribution in [0.1, 0.15) is 31.4 Å². The van der Waals surface area contributed by atoms with Crippen LogP contribution in [-0.4, -0.2) is 25.3 Å². The molecule has 0 radical (unpaired) electrons. The van der Waals surface area contributed by atoms with Gasteiger partial charge < -0.3 is 5.73 Å². The number of nitrogens with zero attached hydrogens (tertiary/aromatic N) is 2. The van der Waals surface area contributed by atoms with E-state index < -0.39 is 10.0 Å². The van der Waals surface area contributed by atoms with E-state index in [0.717, 1.165) is 5.56 Å². The number of anilines is 1. The first-order chi connectivity index (χ1) is 9.23. The number of nitrogen functional groups attached to an aromatic ring is 1. The van der Waals surface area contributed by atoms with Gasteiger partial charge in [0.25, 0.3) is 0 Å². The number of nitrogens with two attached hydrogens (primary N) is 1. The zero-order valence-corrected chi connectivity index (χ0v) is 13.2. The van der Waals surface area contributed by atoms with Gasteiger partial charge in [0.2, 0.25) is 10.0 Å². The highest BCUT2D eigenvalue weighted by Crippen LogP contribution is 2.29. The lowest BCUT2D eigenvalue weighted by Crippen LogP contribution is -2.38. The average Bonchev–Trinajstić information content (AvgIpc) is 2.34. The summed E-state index contributed by atoms with van der Waals surface area (Å²) in [6.07, 6.45) is 0.155. The van der Waals surface area contributed by atoms with Crippen LogP contribution >= 0.6 is 0 Å². The molecule has 0 spiro atoms. The van der Waals surface area contributed by atoms with Crippen LogP contribution in [0.5, 0.6) is 0 Å². The third kappa shape index (κ3) is 3.11. The summed E-state index contributed by atoms with van der Waals surface area (Å²) >= 11 is 0. The van der Waals surface area contributed by atoms with Gasteiger partial charge in [-0.15, -0.1) is 0 Å². The first-order valence-electron chi connectivity index (χ1n) is 6.48. The summed E-state index contributed by atoms with van der Waals surface area (Å²) in [6.45, 7) is 7.25. The Balaban J connectivity index is 3.42. The highest BCUT2D eigenvalue weighted by molar-refractivity contribution is 7.89. The fraction of sp³-hybridized carbons (Fsp3) is 0.500. The molecule has 0 bridgehead atoms. The van der Waals surface area contributed by atoms with Crippen LogP contribution in [0.4, 0.5) is 5.69 Å². The number of benzene rings is 1. The molecule has 1 rings (SSSR count). The van der Waals surface area contributed by atoms with Crippen LogP contribution in [0.15, 0.2) is 17.0 Å². The number of sulfonamides is 1. The third-order valence-electron chi connectivity index (χ3n) is 3.20. The van der Waals surface area contributed by atoms with Crippen molar-refractivity contribution in [1.82, 2.24) is 4.31 Å². The number of aryl methyl sites for hydroxylation is 2. The normalized spacial score (nSPS) is 11.8. The molecule has 0 aromatic heterocycles. The maximum atomic E-state index is 12.8.